The number of ether oxygens (including phenoxy) is 1. The van der Waals surface area contributed by atoms with E-state index in [9.17, 15) is 8.42 Å². The van der Waals surface area contributed by atoms with E-state index in [1.807, 2.05) is 6.92 Å². The van der Waals surface area contributed by atoms with Crippen LogP contribution in [-0.2, 0) is 14.8 Å². The van der Waals surface area contributed by atoms with Crippen LogP contribution < -0.4 is 10.0 Å². The van der Waals surface area contributed by atoms with Crippen LogP contribution in [0.4, 0.5) is 0 Å². The highest BCUT2D eigenvalue weighted by atomic mass is 32.2. The van der Waals surface area contributed by atoms with Gasteiger partial charge in [0.2, 0.25) is 10.0 Å². The van der Waals surface area contributed by atoms with Crippen LogP contribution in [-0.4, -0.2) is 46.5 Å². The maximum Gasteiger partial charge on any atom is 0.212 e. The summed E-state index contributed by atoms with van der Waals surface area (Å²) < 4.78 is 30.8. The van der Waals surface area contributed by atoms with Crippen molar-refractivity contribution in [3.8, 4) is 0 Å². The lowest BCUT2D eigenvalue weighted by atomic mass is 10.2. The van der Waals surface area contributed by atoms with Gasteiger partial charge < -0.3 is 10.1 Å². The molecule has 0 aromatic carbocycles. The standard InChI is InChI=1S/C9H20N2O3S/c1-2-10-5-7-15(12,13)11-8-9-4-3-6-14-9/h9-11H,2-8H2,1H3. The van der Waals surface area contributed by atoms with Crippen molar-refractivity contribution in [2.45, 2.75) is 25.9 Å². The zero-order valence-electron chi connectivity index (χ0n) is 9.16. The Morgan fingerprint density at radius 1 is 1.47 bits per heavy atom. The molecule has 0 aromatic heterocycles. The van der Waals surface area contributed by atoms with E-state index in [2.05, 4.69) is 10.0 Å². The largest absolute Gasteiger partial charge is 0.377 e. The van der Waals surface area contributed by atoms with Crippen LogP contribution in [0.3, 0.4) is 0 Å². The second-order valence-electron chi connectivity index (χ2n) is 3.66. The van der Waals surface area contributed by atoms with Crippen LogP contribution >= 0.6 is 0 Å². The highest BCUT2D eigenvalue weighted by molar-refractivity contribution is 7.89. The zero-order chi connectivity index (χ0) is 11.1. The monoisotopic (exact) mass is 236 g/mol. The Labute approximate surface area is 91.6 Å². The molecule has 1 unspecified atom stereocenters. The van der Waals surface area contributed by atoms with E-state index >= 15 is 0 Å². The lowest BCUT2D eigenvalue weighted by Crippen LogP contribution is -2.36. The molecule has 0 aromatic rings. The maximum atomic E-state index is 11.5. The van der Waals surface area contributed by atoms with Crippen molar-refractivity contribution in [3.63, 3.8) is 0 Å². The highest BCUT2D eigenvalue weighted by Crippen LogP contribution is 2.10. The van der Waals surface area contributed by atoms with Gasteiger partial charge in [0.25, 0.3) is 0 Å². The van der Waals surface area contributed by atoms with Gasteiger partial charge >= 0.3 is 0 Å². The number of sulfonamides is 1. The van der Waals surface area contributed by atoms with Gasteiger partial charge in [-0.25, -0.2) is 13.1 Å². The van der Waals surface area contributed by atoms with Crippen molar-refractivity contribution < 1.29 is 13.2 Å². The molecule has 0 radical (unpaired) electrons. The fraction of sp³-hybridized carbons (Fsp3) is 1.00. The first-order valence-corrected chi connectivity index (χ1v) is 7.09. The first-order valence-electron chi connectivity index (χ1n) is 5.43. The quantitative estimate of drug-likeness (QED) is 0.595. The Balaban J connectivity index is 2.17. The van der Waals surface area contributed by atoms with Gasteiger partial charge in [-0.2, -0.15) is 0 Å². The van der Waals surface area contributed by atoms with Gasteiger partial charge in [0.1, 0.15) is 0 Å². The third kappa shape index (κ3) is 5.46. The molecule has 2 N–H and O–H groups in total. The summed E-state index contributed by atoms with van der Waals surface area (Å²) >= 11 is 0. The summed E-state index contributed by atoms with van der Waals surface area (Å²) in [5.41, 5.74) is 0. The third-order valence-electron chi connectivity index (χ3n) is 2.35. The Hall–Kier alpha value is -0.170. The van der Waals surface area contributed by atoms with Crippen molar-refractivity contribution in [1.82, 2.24) is 10.0 Å². The van der Waals surface area contributed by atoms with Crippen molar-refractivity contribution in [2.75, 3.05) is 32.0 Å². The molecule has 1 atom stereocenters. The zero-order valence-corrected chi connectivity index (χ0v) is 9.98. The normalized spacial score (nSPS) is 22.1. The first kappa shape index (κ1) is 12.9. The second kappa shape index (κ2) is 6.42. The summed E-state index contributed by atoms with van der Waals surface area (Å²) in [6, 6.07) is 0. The van der Waals surface area contributed by atoms with Gasteiger partial charge in [-0.3, -0.25) is 0 Å². The smallest absolute Gasteiger partial charge is 0.212 e. The van der Waals surface area contributed by atoms with E-state index in [0.29, 0.717) is 13.1 Å². The Morgan fingerprint density at radius 2 is 2.27 bits per heavy atom. The number of hydrogen-bond acceptors (Lipinski definition) is 4. The Morgan fingerprint density at radius 3 is 2.87 bits per heavy atom. The minimum atomic E-state index is -3.13. The molecule has 0 spiro atoms. The van der Waals surface area contributed by atoms with Gasteiger partial charge in [0.05, 0.1) is 11.9 Å². The molecule has 1 rings (SSSR count). The van der Waals surface area contributed by atoms with Crippen molar-refractivity contribution in [1.29, 1.82) is 0 Å². The van der Waals surface area contributed by atoms with E-state index in [0.717, 1.165) is 26.0 Å². The van der Waals surface area contributed by atoms with Crippen LogP contribution in [0, 0.1) is 0 Å². The summed E-state index contributed by atoms with van der Waals surface area (Å²) in [6.07, 6.45) is 2.05. The lowest BCUT2D eigenvalue weighted by Gasteiger charge is -2.11. The van der Waals surface area contributed by atoms with E-state index in [4.69, 9.17) is 4.74 Å². The SMILES string of the molecule is CCNCCS(=O)(=O)NCC1CCCO1. The average molecular weight is 236 g/mol. The Kier molecular flexibility index (Phi) is 5.52. The molecule has 0 amide bonds. The van der Waals surface area contributed by atoms with Gasteiger partial charge in [-0.05, 0) is 19.4 Å². The molecule has 15 heavy (non-hydrogen) atoms. The molecule has 1 heterocycles. The molecule has 5 nitrogen and oxygen atoms in total. The van der Waals surface area contributed by atoms with E-state index in [1.54, 1.807) is 0 Å². The van der Waals surface area contributed by atoms with Crippen LogP contribution in [0.1, 0.15) is 19.8 Å². The fourth-order valence-electron chi connectivity index (χ4n) is 1.48. The molecule has 0 bridgehead atoms. The van der Waals surface area contributed by atoms with E-state index in [-0.39, 0.29) is 11.9 Å². The predicted molar refractivity (Wildman–Crippen MR) is 59.3 cm³/mol. The van der Waals surface area contributed by atoms with Gasteiger partial charge in [0, 0.05) is 19.7 Å². The summed E-state index contributed by atoms with van der Waals surface area (Å²) in [7, 11) is -3.13. The van der Waals surface area contributed by atoms with E-state index in [1.165, 1.54) is 0 Å². The average Bonchev–Trinajstić information content (AvgIpc) is 2.68. The lowest BCUT2D eigenvalue weighted by molar-refractivity contribution is 0.114. The number of nitrogens with one attached hydrogen (secondary N) is 2. The minimum absolute atomic E-state index is 0.0684. The number of rotatable bonds is 7. The summed E-state index contributed by atoms with van der Waals surface area (Å²) in [5.74, 6) is 0.132. The fourth-order valence-corrected chi connectivity index (χ4v) is 2.48. The summed E-state index contributed by atoms with van der Waals surface area (Å²) in [4.78, 5) is 0. The maximum absolute atomic E-state index is 11.5. The third-order valence-corrected chi connectivity index (χ3v) is 3.70. The van der Waals surface area contributed by atoms with Crippen LogP contribution in [0.15, 0.2) is 0 Å². The highest BCUT2D eigenvalue weighted by Gasteiger charge is 2.18. The molecule has 1 aliphatic rings. The molecule has 90 valence electrons. The predicted octanol–water partition coefficient (Wildman–Crippen LogP) is -0.306. The summed E-state index contributed by atoms with van der Waals surface area (Å²) in [6.45, 7) is 4.41. The van der Waals surface area contributed by atoms with E-state index < -0.39 is 10.0 Å². The summed E-state index contributed by atoms with van der Waals surface area (Å²) in [5, 5.41) is 2.98. The molecule has 1 fully saturated rings. The van der Waals surface area contributed by atoms with Crippen molar-refractivity contribution in [2.24, 2.45) is 0 Å². The molecular formula is C9H20N2O3S. The van der Waals surface area contributed by atoms with Gasteiger partial charge in [-0.15, -0.1) is 0 Å². The molecular weight excluding hydrogens is 216 g/mol. The molecule has 6 heteroatoms. The first-order chi connectivity index (χ1) is 7.14. The topological polar surface area (TPSA) is 67.4 Å². The van der Waals surface area contributed by atoms with Gasteiger partial charge in [-0.1, -0.05) is 6.92 Å². The molecule has 0 aliphatic carbocycles. The second-order valence-corrected chi connectivity index (χ2v) is 5.58. The molecule has 1 saturated heterocycles. The Bertz CT molecular complexity index is 261. The van der Waals surface area contributed by atoms with Crippen LogP contribution in [0.5, 0.6) is 0 Å². The molecule has 1 aliphatic heterocycles. The molecule has 0 saturated carbocycles. The van der Waals surface area contributed by atoms with Gasteiger partial charge in [0.15, 0.2) is 0 Å². The number of hydrogen-bond donors (Lipinski definition) is 2. The minimum Gasteiger partial charge on any atom is -0.377 e. The van der Waals surface area contributed by atoms with Crippen molar-refractivity contribution in [3.05, 3.63) is 0 Å². The van der Waals surface area contributed by atoms with Crippen molar-refractivity contribution >= 4 is 10.0 Å². The van der Waals surface area contributed by atoms with Crippen LogP contribution in [0.25, 0.3) is 0 Å². The van der Waals surface area contributed by atoms with Crippen LogP contribution in [0.2, 0.25) is 0 Å².